The molecule has 1 aromatic carbocycles. The summed E-state index contributed by atoms with van der Waals surface area (Å²) in [4.78, 5) is 20.0. The monoisotopic (exact) mass is 490 g/mol. The first-order valence-electron chi connectivity index (χ1n) is 13.7. The molecule has 7 heteroatoms. The highest BCUT2D eigenvalue weighted by atomic mass is 16.5. The molecule has 3 heterocycles. The number of carbonyl (C=O) groups excluding carboxylic acids is 1. The lowest BCUT2D eigenvalue weighted by molar-refractivity contribution is 0.0406. The second-order valence-corrected chi connectivity index (χ2v) is 11.4. The molecule has 2 aliphatic heterocycles. The topological polar surface area (TPSA) is 101 Å². The first-order chi connectivity index (χ1) is 17.5. The molecular formula is C29H38N4O3. The number of anilines is 1. The number of aromatic nitrogens is 1. The zero-order chi connectivity index (χ0) is 24.7. The maximum absolute atomic E-state index is 13.0. The number of benzene rings is 1. The molecule has 6 rings (SSSR count). The average Bonchev–Trinajstić information content (AvgIpc) is 3.17. The Balaban J connectivity index is 1.17. The Morgan fingerprint density at radius 2 is 1.81 bits per heavy atom. The van der Waals surface area contributed by atoms with Crippen molar-refractivity contribution in [3.05, 3.63) is 47.7 Å². The van der Waals surface area contributed by atoms with Crippen LogP contribution in [0.25, 0.3) is 11.1 Å². The highest BCUT2D eigenvalue weighted by Crippen LogP contribution is 2.54. The minimum atomic E-state index is -0.250. The lowest BCUT2D eigenvalue weighted by atomic mass is 9.58. The van der Waals surface area contributed by atoms with Gasteiger partial charge < -0.3 is 20.9 Å². The van der Waals surface area contributed by atoms with E-state index < -0.39 is 0 Å². The Hall–Kier alpha value is -2.48. The summed E-state index contributed by atoms with van der Waals surface area (Å²) in [6, 6.07) is 11.5. The molecule has 4 fully saturated rings. The van der Waals surface area contributed by atoms with Crippen molar-refractivity contribution in [2.45, 2.75) is 75.0 Å². The number of amides is 1. The van der Waals surface area contributed by atoms with Gasteiger partial charge in [-0.15, -0.1) is 0 Å². The molecule has 192 valence electrons. The number of carbonyl (C=O) groups is 1. The molecule has 1 amide bonds. The van der Waals surface area contributed by atoms with E-state index >= 15 is 0 Å². The predicted molar refractivity (Wildman–Crippen MR) is 140 cm³/mol. The fourth-order valence-electron chi connectivity index (χ4n) is 6.97. The summed E-state index contributed by atoms with van der Waals surface area (Å²) in [5, 5.41) is 12.8. The van der Waals surface area contributed by atoms with Gasteiger partial charge in [-0.2, -0.15) is 0 Å². The van der Waals surface area contributed by atoms with E-state index in [0.717, 1.165) is 75.3 Å². The zero-order valence-corrected chi connectivity index (χ0v) is 21.0. The van der Waals surface area contributed by atoms with Crippen molar-refractivity contribution in [1.82, 2.24) is 15.2 Å². The van der Waals surface area contributed by atoms with Crippen LogP contribution in [0.5, 0.6) is 0 Å². The van der Waals surface area contributed by atoms with E-state index in [1.54, 1.807) is 6.20 Å². The van der Waals surface area contributed by atoms with Crippen LogP contribution in [0, 0.1) is 5.92 Å². The van der Waals surface area contributed by atoms with Gasteiger partial charge in [-0.05, 0) is 74.5 Å². The normalized spacial score (nSPS) is 31.0. The third kappa shape index (κ3) is 4.42. The van der Waals surface area contributed by atoms with Crippen LogP contribution in [-0.4, -0.2) is 65.4 Å². The number of nitrogens with one attached hydrogen (secondary N) is 1. The van der Waals surface area contributed by atoms with Crippen LogP contribution >= 0.6 is 0 Å². The molecule has 2 saturated heterocycles. The van der Waals surface area contributed by atoms with Gasteiger partial charge in [-0.3, -0.25) is 9.69 Å². The van der Waals surface area contributed by atoms with Gasteiger partial charge >= 0.3 is 0 Å². The predicted octanol–water partition coefficient (Wildman–Crippen LogP) is 3.51. The molecule has 2 aromatic rings. The number of nitrogens with zero attached hydrogens (tertiary/aromatic N) is 2. The number of hydrogen-bond acceptors (Lipinski definition) is 6. The van der Waals surface area contributed by atoms with Gasteiger partial charge in [0.25, 0.3) is 5.91 Å². The summed E-state index contributed by atoms with van der Waals surface area (Å²) in [6.07, 6.45) is 9.43. The molecule has 2 saturated carbocycles. The summed E-state index contributed by atoms with van der Waals surface area (Å²) in [5.74, 6) is 0.815. The lowest BCUT2D eigenvalue weighted by Gasteiger charge is -2.45. The summed E-state index contributed by atoms with van der Waals surface area (Å²) in [5.41, 5.74) is 10.2. The lowest BCUT2D eigenvalue weighted by Crippen LogP contribution is -2.44. The number of rotatable bonds is 5. The molecule has 0 radical (unpaired) electrons. The van der Waals surface area contributed by atoms with Gasteiger partial charge in [0.15, 0.2) is 0 Å². The van der Waals surface area contributed by atoms with Crippen LogP contribution in [0.3, 0.4) is 0 Å². The van der Waals surface area contributed by atoms with E-state index in [-0.39, 0.29) is 29.3 Å². The minimum Gasteiger partial charge on any atom is -0.393 e. The summed E-state index contributed by atoms with van der Waals surface area (Å²) in [6.45, 7) is 4.17. The second kappa shape index (κ2) is 9.77. The molecule has 4 aliphatic rings. The standard InChI is InChI=1S/C29H38N4O3/c30-27-26(28(35)32-23-5-7-25(34)8-6-23)15-20(16-31-27)19-1-3-21(4-2-19)29-12-9-22(29)17-33(18-29)24-10-13-36-14-11-24/h1-4,15-16,22-25,34H,5-14,17-18H2,(H2,30,31)(H,32,35)/t22-,23-,25+,29+/m1/s1. The molecule has 36 heavy (non-hydrogen) atoms. The molecular weight excluding hydrogens is 452 g/mol. The van der Waals surface area contributed by atoms with Crippen LogP contribution in [0.2, 0.25) is 0 Å². The van der Waals surface area contributed by atoms with E-state index in [9.17, 15) is 9.90 Å². The van der Waals surface area contributed by atoms with Crippen molar-refractivity contribution in [3.8, 4) is 11.1 Å². The van der Waals surface area contributed by atoms with E-state index in [2.05, 4.69) is 39.5 Å². The molecule has 0 spiro atoms. The van der Waals surface area contributed by atoms with Crippen LogP contribution < -0.4 is 11.1 Å². The number of pyridine rings is 1. The maximum Gasteiger partial charge on any atom is 0.255 e. The molecule has 2 aliphatic carbocycles. The molecule has 0 unspecified atom stereocenters. The summed E-state index contributed by atoms with van der Waals surface area (Å²) in [7, 11) is 0. The molecule has 2 atom stereocenters. The Labute approximate surface area is 213 Å². The van der Waals surface area contributed by atoms with E-state index in [4.69, 9.17) is 10.5 Å². The first kappa shape index (κ1) is 23.9. The number of aliphatic hydroxyl groups excluding tert-OH is 1. The number of fused-ring (bicyclic) bond motifs is 1. The van der Waals surface area contributed by atoms with Gasteiger partial charge in [0.1, 0.15) is 5.82 Å². The third-order valence-corrected chi connectivity index (χ3v) is 9.36. The van der Waals surface area contributed by atoms with Crippen LogP contribution in [-0.2, 0) is 10.2 Å². The van der Waals surface area contributed by atoms with Gasteiger partial charge in [0.2, 0.25) is 0 Å². The van der Waals surface area contributed by atoms with Gasteiger partial charge in [-0.25, -0.2) is 4.98 Å². The quantitative estimate of drug-likeness (QED) is 0.593. The molecule has 1 aromatic heterocycles. The summed E-state index contributed by atoms with van der Waals surface area (Å²) >= 11 is 0. The van der Waals surface area contributed by atoms with Crippen molar-refractivity contribution < 1.29 is 14.6 Å². The van der Waals surface area contributed by atoms with Gasteiger partial charge in [0.05, 0.1) is 11.7 Å². The molecule has 4 N–H and O–H groups in total. The highest BCUT2D eigenvalue weighted by Gasteiger charge is 2.54. The van der Waals surface area contributed by atoms with E-state index in [0.29, 0.717) is 11.6 Å². The van der Waals surface area contributed by atoms with Crippen LogP contribution in [0.15, 0.2) is 36.5 Å². The van der Waals surface area contributed by atoms with E-state index in [1.807, 2.05) is 6.07 Å². The van der Waals surface area contributed by atoms with Gasteiger partial charge in [0, 0.05) is 55.6 Å². The van der Waals surface area contributed by atoms with Crippen molar-refractivity contribution in [2.75, 3.05) is 32.0 Å². The Kier molecular flexibility index (Phi) is 6.48. The SMILES string of the molecule is Nc1ncc(-c2ccc([C@@]34CC[C@@H]3CN(C3CCOCC3)C4)cc2)cc1C(=O)N[C@H]1CC[C@@H](O)CC1. The number of hydrogen-bond donors (Lipinski definition) is 3. The smallest absolute Gasteiger partial charge is 0.255 e. The number of nitrogen functional groups attached to an aromatic ring is 1. The van der Waals surface area contributed by atoms with Crippen molar-refractivity contribution in [2.24, 2.45) is 5.92 Å². The second-order valence-electron chi connectivity index (χ2n) is 11.4. The fourth-order valence-corrected chi connectivity index (χ4v) is 6.97. The number of ether oxygens (including phenoxy) is 1. The van der Waals surface area contributed by atoms with Crippen LogP contribution in [0.4, 0.5) is 5.82 Å². The Bertz CT molecular complexity index is 1090. The number of aliphatic hydroxyl groups is 1. The van der Waals surface area contributed by atoms with Crippen molar-refractivity contribution >= 4 is 11.7 Å². The van der Waals surface area contributed by atoms with Crippen LogP contribution in [0.1, 0.15) is 67.3 Å². The van der Waals surface area contributed by atoms with Crippen molar-refractivity contribution in [3.63, 3.8) is 0 Å². The van der Waals surface area contributed by atoms with E-state index in [1.165, 1.54) is 24.9 Å². The number of likely N-dealkylation sites (tertiary alicyclic amines) is 1. The highest BCUT2D eigenvalue weighted by molar-refractivity contribution is 5.99. The minimum absolute atomic E-state index is 0.0741. The molecule has 7 nitrogen and oxygen atoms in total. The summed E-state index contributed by atoms with van der Waals surface area (Å²) < 4.78 is 5.59. The fraction of sp³-hybridized carbons (Fsp3) is 0.586. The maximum atomic E-state index is 13.0. The van der Waals surface area contributed by atoms with Gasteiger partial charge in [-0.1, -0.05) is 24.3 Å². The Morgan fingerprint density at radius 3 is 2.50 bits per heavy atom. The first-order valence-corrected chi connectivity index (χ1v) is 13.7. The average molecular weight is 491 g/mol. The molecule has 0 bridgehead atoms. The number of nitrogens with two attached hydrogens (primary N) is 1. The third-order valence-electron chi connectivity index (χ3n) is 9.36. The largest absolute Gasteiger partial charge is 0.393 e. The van der Waals surface area contributed by atoms with Crippen molar-refractivity contribution in [1.29, 1.82) is 0 Å². The Morgan fingerprint density at radius 1 is 1.06 bits per heavy atom. The zero-order valence-electron chi connectivity index (χ0n) is 21.0.